The van der Waals surface area contributed by atoms with E-state index in [2.05, 4.69) is 73.7 Å². The summed E-state index contributed by atoms with van der Waals surface area (Å²) in [7, 11) is 0. The molecule has 5 aromatic carbocycles. The number of hydrogen-bond donors (Lipinski definition) is 0. The normalized spacial score (nSPS) is 11.8. The van der Waals surface area contributed by atoms with E-state index in [9.17, 15) is 9.59 Å². The lowest BCUT2D eigenvalue weighted by Gasteiger charge is -2.34. The molecule has 2 heterocycles. The first-order valence-corrected chi connectivity index (χ1v) is 20.1. The molecule has 0 radical (unpaired) electrons. The first kappa shape index (κ1) is 40.5. The predicted octanol–water partition coefficient (Wildman–Crippen LogP) is 9.87. The van der Waals surface area contributed by atoms with Crippen LogP contribution in [0.25, 0.3) is 22.5 Å². The number of aromatic nitrogens is 6. The molecule has 0 amide bonds. The van der Waals surface area contributed by atoms with E-state index in [1.807, 2.05) is 91.3 Å². The third kappa shape index (κ3) is 8.34. The molecule has 0 N–H and O–H groups in total. The Labute approximate surface area is 345 Å². The van der Waals surface area contributed by atoms with Crippen LogP contribution in [0.3, 0.4) is 0 Å². The van der Waals surface area contributed by atoms with Gasteiger partial charge in [0.25, 0.3) is 0 Å². The number of esters is 2. The van der Waals surface area contributed by atoms with Crippen LogP contribution in [0, 0.1) is 5.41 Å². The van der Waals surface area contributed by atoms with Crippen LogP contribution < -0.4 is 0 Å². The van der Waals surface area contributed by atoms with E-state index in [0.717, 1.165) is 51.1 Å². The summed E-state index contributed by atoms with van der Waals surface area (Å²) in [6.07, 6.45) is 1.28. The van der Waals surface area contributed by atoms with Gasteiger partial charge in [0.05, 0.1) is 16.8 Å². The van der Waals surface area contributed by atoms with Gasteiger partial charge in [0.1, 0.15) is 5.56 Å². The minimum absolute atomic E-state index is 0.0322. The van der Waals surface area contributed by atoms with Crippen molar-refractivity contribution in [3.05, 3.63) is 179 Å². The van der Waals surface area contributed by atoms with E-state index in [-0.39, 0.29) is 5.92 Å². The van der Waals surface area contributed by atoms with E-state index < -0.39 is 29.7 Å². The second-order valence-electron chi connectivity index (χ2n) is 15.9. The number of carbonyl (C=O) groups excluding carboxylic acids is 2. The highest BCUT2D eigenvalue weighted by Crippen LogP contribution is 2.40. The van der Waals surface area contributed by atoms with Gasteiger partial charge in [-0.25, -0.2) is 4.79 Å². The number of hydrogen-bond acceptors (Lipinski definition) is 8. The molecule has 10 nitrogen and oxygen atoms in total. The lowest BCUT2D eigenvalue weighted by Crippen LogP contribution is -2.39. The van der Waals surface area contributed by atoms with Crippen LogP contribution in [0.5, 0.6) is 0 Å². The number of rotatable bonds is 14. The molecule has 7 rings (SSSR count). The molecule has 0 bridgehead atoms. The van der Waals surface area contributed by atoms with Crippen molar-refractivity contribution < 1.29 is 19.1 Å². The molecule has 0 fully saturated rings. The summed E-state index contributed by atoms with van der Waals surface area (Å²) in [5.74, 6) is -0.541. The van der Waals surface area contributed by atoms with Crippen LogP contribution in [0.4, 0.5) is 0 Å². The Morgan fingerprint density at radius 2 is 1.22 bits per heavy atom. The SMILES string of the molecule is CCCn1nc(C(C)C)c(C(=O)OCOC(=O)C(C)(C)C)c1Cc1ccc(-c2ccccc2-c2nnn(C(c3ccccc3)(c3ccccc3)c3ccccc3)n2)cc1. The monoisotopic (exact) mass is 786 g/mol. The predicted molar refractivity (Wildman–Crippen MR) is 229 cm³/mol. The Bertz CT molecular complexity index is 2410. The average Bonchev–Trinajstić information content (AvgIpc) is 3.88. The molecule has 0 spiro atoms. The van der Waals surface area contributed by atoms with Gasteiger partial charge in [-0.05, 0) is 71.7 Å². The van der Waals surface area contributed by atoms with Crippen LogP contribution in [0.1, 0.15) is 97.9 Å². The smallest absolute Gasteiger partial charge is 0.344 e. The van der Waals surface area contributed by atoms with Crippen molar-refractivity contribution in [1.29, 1.82) is 0 Å². The van der Waals surface area contributed by atoms with Gasteiger partial charge in [-0.3, -0.25) is 9.48 Å². The lowest BCUT2D eigenvalue weighted by molar-refractivity contribution is -0.161. The number of benzene rings is 5. The van der Waals surface area contributed by atoms with Gasteiger partial charge in [-0.2, -0.15) is 5.10 Å². The molecule has 0 saturated heterocycles. The van der Waals surface area contributed by atoms with Gasteiger partial charge in [0.2, 0.25) is 12.6 Å². The topological polar surface area (TPSA) is 114 Å². The van der Waals surface area contributed by atoms with Gasteiger partial charge in [-0.1, -0.05) is 160 Å². The van der Waals surface area contributed by atoms with Crippen molar-refractivity contribution in [2.45, 2.75) is 72.4 Å². The van der Waals surface area contributed by atoms with Gasteiger partial charge in [0.15, 0.2) is 5.54 Å². The Kier molecular flexibility index (Phi) is 12.0. The Hall–Kier alpha value is -6.68. The quantitative estimate of drug-likeness (QED) is 0.0608. The number of aryl methyl sites for hydroxylation is 1. The highest BCUT2D eigenvalue weighted by Gasteiger charge is 2.41. The third-order valence-corrected chi connectivity index (χ3v) is 10.4. The molecule has 0 unspecified atom stereocenters. The van der Waals surface area contributed by atoms with Crippen molar-refractivity contribution >= 4 is 11.9 Å². The summed E-state index contributed by atoms with van der Waals surface area (Å²) in [4.78, 5) is 27.7. The molecule has 0 aliphatic heterocycles. The number of tetrazole rings is 1. The lowest BCUT2D eigenvalue weighted by atomic mass is 9.77. The molecule has 0 atom stereocenters. The maximum Gasteiger partial charge on any atom is 0.344 e. The van der Waals surface area contributed by atoms with E-state index in [4.69, 9.17) is 30.0 Å². The van der Waals surface area contributed by atoms with Gasteiger partial charge in [0, 0.05) is 18.5 Å². The molecule has 2 aromatic heterocycles. The van der Waals surface area contributed by atoms with Crippen LogP contribution in [0.15, 0.2) is 140 Å². The van der Waals surface area contributed by atoms with Gasteiger partial charge >= 0.3 is 11.9 Å². The van der Waals surface area contributed by atoms with Crippen LogP contribution in [-0.4, -0.2) is 48.7 Å². The third-order valence-electron chi connectivity index (χ3n) is 10.4. The Morgan fingerprint density at radius 3 is 1.75 bits per heavy atom. The van der Waals surface area contributed by atoms with Crippen molar-refractivity contribution in [2.24, 2.45) is 5.41 Å². The van der Waals surface area contributed by atoms with Gasteiger partial charge in [-0.15, -0.1) is 15.0 Å². The summed E-state index contributed by atoms with van der Waals surface area (Å²) in [6, 6.07) is 47.2. The zero-order valence-electron chi connectivity index (χ0n) is 34.5. The zero-order valence-corrected chi connectivity index (χ0v) is 34.5. The maximum absolute atomic E-state index is 13.7. The molecule has 10 heteroatoms. The minimum Gasteiger partial charge on any atom is -0.427 e. The second kappa shape index (κ2) is 17.4. The number of carbonyl (C=O) groups is 2. The molecule has 59 heavy (non-hydrogen) atoms. The largest absolute Gasteiger partial charge is 0.427 e. The molecule has 7 aromatic rings. The van der Waals surface area contributed by atoms with E-state index in [0.29, 0.717) is 30.0 Å². The first-order valence-electron chi connectivity index (χ1n) is 20.1. The molecule has 300 valence electrons. The Balaban J connectivity index is 1.22. The summed E-state index contributed by atoms with van der Waals surface area (Å²) < 4.78 is 12.7. The van der Waals surface area contributed by atoms with Crippen molar-refractivity contribution in [3.8, 4) is 22.5 Å². The summed E-state index contributed by atoms with van der Waals surface area (Å²) >= 11 is 0. The number of ether oxygens (including phenoxy) is 2. The van der Waals surface area contributed by atoms with Crippen molar-refractivity contribution in [1.82, 2.24) is 30.0 Å². The minimum atomic E-state index is -0.895. The van der Waals surface area contributed by atoms with Crippen molar-refractivity contribution in [3.63, 3.8) is 0 Å². The maximum atomic E-state index is 13.7. The summed E-state index contributed by atoms with van der Waals surface area (Å²) in [6.45, 7) is 11.5. The van der Waals surface area contributed by atoms with E-state index in [1.54, 1.807) is 25.6 Å². The molecule has 0 aliphatic carbocycles. The fraction of sp³-hybridized carbons (Fsp3) is 0.265. The van der Waals surface area contributed by atoms with Gasteiger partial charge < -0.3 is 9.47 Å². The Morgan fingerprint density at radius 1 is 0.678 bits per heavy atom. The standard InChI is InChI=1S/C49H50N6O4/c1-7-31-54-42(43(44(51-54)34(2)3)46(56)58-33-59-47(57)48(4,5)6)32-35-27-29-36(30-28-35)40-25-17-18-26-41(40)45-50-53-55(52-45)49(37-19-11-8-12-20-37,38-21-13-9-14-22-38)39-23-15-10-16-24-39/h8-30,34H,7,31-33H2,1-6H3. The molecular weight excluding hydrogens is 737 g/mol. The highest BCUT2D eigenvalue weighted by atomic mass is 16.7. The van der Waals surface area contributed by atoms with E-state index in [1.165, 1.54) is 0 Å². The fourth-order valence-corrected chi connectivity index (χ4v) is 7.42. The summed E-state index contributed by atoms with van der Waals surface area (Å²) in [5.41, 5.74) is 7.01. The van der Waals surface area contributed by atoms with Crippen molar-refractivity contribution in [2.75, 3.05) is 6.79 Å². The molecule has 0 aliphatic rings. The van der Waals surface area contributed by atoms with E-state index >= 15 is 0 Å². The van der Waals surface area contributed by atoms with Crippen LogP contribution >= 0.6 is 0 Å². The number of nitrogens with zero attached hydrogens (tertiary/aromatic N) is 6. The average molecular weight is 787 g/mol. The zero-order chi connectivity index (χ0) is 41.6. The fourth-order valence-electron chi connectivity index (χ4n) is 7.42. The van der Waals surface area contributed by atoms with Crippen LogP contribution in [0.2, 0.25) is 0 Å². The molecular formula is C49H50N6O4. The first-order chi connectivity index (χ1) is 28.5. The molecule has 0 saturated carbocycles. The summed E-state index contributed by atoms with van der Waals surface area (Å²) in [5, 5.41) is 19.5. The highest BCUT2D eigenvalue weighted by molar-refractivity contribution is 5.92. The van der Waals surface area contributed by atoms with Crippen LogP contribution in [-0.2, 0) is 32.8 Å². The second-order valence-corrected chi connectivity index (χ2v) is 15.9.